The molecule has 2 rings (SSSR count). The van der Waals surface area contributed by atoms with E-state index in [9.17, 15) is 0 Å². The summed E-state index contributed by atoms with van der Waals surface area (Å²) in [6, 6.07) is 0. The lowest BCUT2D eigenvalue weighted by molar-refractivity contribution is 0.159. The fraction of sp³-hybridized carbons (Fsp3) is 0.714. The molecule has 0 bridgehead atoms. The van der Waals surface area contributed by atoms with E-state index in [4.69, 9.17) is 4.74 Å². The smallest absolute Gasteiger partial charge is 0.147 e. The summed E-state index contributed by atoms with van der Waals surface area (Å²) in [5.41, 5.74) is 1.93. The standard InChI is InChI=1S/C14H24N4O/c1-11-8-15-12(2)14(17-11)16-9-13-4-5-18(10-13)6-7-19-3/h8,13H,4-7,9-10H2,1-3H3,(H,16,17). The van der Waals surface area contributed by atoms with Crippen molar-refractivity contribution in [1.82, 2.24) is 14.9 Å². The monoisotopic (exact) mass is 264 g/mol. The molecule has 1 unspecified atom stereocenters. The molecule has 1 aliphatic heterocycles. The van der Waals surface area contributed by atoms with Crippen LogP contribution in [0.4, 0.5) is 5.82 Å². The quantitative estimate of drug-likeness (QED) is 0.843. The maximum atomic E-state index is 5.12. The van der Waals surface area contributed by atoms with Gasteiger partial charge in [0.05, 0.1) is 18.0 Å². The highest BCUT2D eigenvalue weighted by Crippen LogP contribution is 2.17. The van der Waals surface area contributed by atoms with E-state index in [0.717, 1.165) is 43.4 Å². The maximum Gasteiger partial charge on any atom is 0.147 e. The van der Waals surface area contributed by atoms with Crippen molar-refractivity contribution in [3.63, 3.8) is 0 Å². The van der Waals surface area contributed by atoms with E-state index in [1.165, 1.54) is 13.0 Å². The highest BCUT2D eigenvalue weighted by Gasteiger charge is 2.22. The molecule has 0 aromatic carbocycles. The molecular formula is C14H24N4O. The fourth-order valence-electron chi connectivity index (χ4n) is 2.45. The second-order valence-corrected chi connectivity index (χ2v) is 5.27. The molecule has 1 N–H and O–H groups in total. The number of likely N-dealkylation sites (tertiary alicyclic amines) is 1. The molecule has 0 amide bonds. The van der Waals surface area contributed by atoms with Gasteiger partial charge in [0.2, 0.25) is 0 Å². The van der Waals surface area contributed by atoms with Gasteiger partial charge in [0.1, 0.15) is 5.82 Å². The summed E-state index contributed by atoms with van der Waals surface area (Å²) in [6.45, 7) is 9.12. The maximum absolute atomic E-state index is 5.12. The number of hydrogen-bond acceptors (Lipinski definition) is 5. The van der Waals surface area contributed by atoms with Crippen molar-refractivity contribution in [2.45, 2.75) is 20.3 Å². The van der Waals surface area contributed by atoms with Crippen LogP contribution in [0.25, 0.3) is 0 Å². The largest absolute Gasteiger partial charge is 0.383 e. The van der Waals surface area contributed by atoms with Gasteiger partial charge in [0.25, 0.3) is 0 Å². The van der Waals surface area contributed by atoms with Crippen molar-refractivity contribution in [3.8, 4) is 0 Å². The van der Waals surface area contributed by atoms with Crippen LogP contribution in [0.1, 0.15) is 17.8 Å². The molecule has 1 aliphatic rings. The Morgan fingerprint density at radius 2 is 2.32 bits per heavy atom. The minimum atomic E-state index is 0.693. The van der Waals surface area contributed by atoms with Crippen LogP contribution in [0.5, 0.6) is 0 Å². The van der Waals surface area contributed by atoms with Crippen LogP contribution in [0.2, 0.25) is 0 Å². The van der Waals surface area contributed by atoms with E-state index in [0.29, 0.717) is 5.92 Å². The van der Waals surface area contributed by atoms with Crippen LogP contribution >= 0.6 is 0 Å². The number of hydrogen-bond donors (Lipinski definition) is 1. The highest BCUT2D eigenvalue weighted by molar-refractivity contribution is 5.39. The Hall–Kier alpha value is -1.20. The van der Waals surface area contributed by atoms with Gasteiger partial charge in [-0.25, -0.2) is 4.98 Å². The first-order chi connectivity index (χ1) is 9.19. The van der Waals surface area contributed by atoms with Crippen LogP contribution in [0.3, 0.4) is 0 Å². The first-order valence-corrected chi connectivity index (χ1v) is 6.94. The van der Waals surface area contributed by atoms with Gasteiger partial charge in [-0.1, -0.05) is 0 Å². The van der Waals surface area contributed by atoms with Crippen LogP contribution in [0.15, 0.2) is 6.20 Å². The van der Waals surface area contributed by atoms with Crippen molar-refractivity contribution in [2.24, 2.45) is 5.92 Å². The zero-order valence-electron chi connectivity index (χ0n) is 12.1. The second-order valence-electron chi connectivity index (χ2n) is 5.27. The molecular weight excluding hydrogens is 240 g/mol. The summed E-state index contributed by atoms with van der Waals surface area (Å²) < 4.78 is 5.12. The third kappa shape index (κ3) is 4.14. The average molecular weight is 264 g/mol. The summed E-state index contributed by atoms with van der Waals surface area (Å²) in [5, 5.41) is 3.44. The fourth-order valence-corrected chi connectivity index (χ4v) is 2.45. The number of nitrogens with zero attached hydrogens (tertiary/aromatic N) is 3. The van der Waals surface area contributed by atoms with Gasteiger partial charge in [-0.05, 0) is 32.7 Å². The van der Waals surface area contributed by atoms with Gasteiger partial charge < -0.3 is 15.0 Å². The van der Waals surface area contributed by atoms with Gasteiger partial charge in [-0.3, -0.25) is 4.98 Å². The number of rotatable bonds is 6. The first kappa shape index (κ1) is 14.2. The number of aryl methyl sites for hydroxylation is 2. The molecule has 1 aromatic rings. The van der Waals surface area contributed by atoms with E-state index in [2.05, 4.69) is 20.2 Å². The van der Waals surface area contributed by atoms with Crippen molar-refractivity contribution in [3.05, 3.63) is 17.6 Å². The number of ether oxygens (including phenoxy) is 1. The minimum Gasteiger partial charge on any atom is -0.383 e. The zero-order valence-corrected chi connectivity index (χ0v) is 12.1. The highest BCUT2D eigenvalue weighted by atomic mass is 16.5. The van der Waals surface area contributed by atoms with Gasteiger partial charge in [-0.15, -0.1) is 0 Å². The summed E-state index contributed by atoms with van der Waals surface area (Å²) in [7, 11) is 1.76. The summed E-state index contributed by atoms with van der Waals surface area (Å²) in [4.78, 5) is 11.3. The van der Waals surface area contributed by atoms with Gasteiger partial charge in [-0.2, -0.15) is 0 Å². The van der Waals surface area contributed by atoms with Crippen LogP contribution in [0, 0.1) is 19.8 Å². The normalized spacial score (nSPS) is 19.8. The summed E-state index contributed by atoms with van der Waals surface area (Å²) in [6.07, 6.45) is 3.05. The van der Waals surface area contributed by atoms with E-state index in [1.54, 1.807) is 7.11 Å². The lowest BCUT2D eigenvalue weighted by atomic mass is 10.1. The number of nitrogens with one attached hydrogen (secondary N) is 1. The predicted octanol–water partition coefficient (Wildman–Crippen LogP) is 1.47. The van der Waals surface area contributed by atoms with Crippen molar-refractivity contribution in [1.29, 1.82) is 0 Å². The van der Waals surface area contributed by atoms with E-state index >= 15 is 0 Å². The first-order valence-electron chi connectivity index (χ1n) is 6.94. The third-order valence-electron chi connectivity index (χ3n) is 3.62. The lowest BCUT2D eigenvalue weighted by Gasteiger charge is -2.16. The van der Waals surface area contributed by atoms with E-state index in [1.807, 2.05) is 20.0 Å². The molecule has 0 spiro atoms. The van der Waals surface area contributed by atoms with Gasteiger partial charge in [0.15, 0.2) is 0 Å². The molecule has 1 saturated heterocycles. The third-order valence-corrected chi connectivity index (χ3v) is 3.62. The minimum absolute atomic E-state index is 0.693. The Morgan fingerprint density at radius 3 is 3.11 bits per heavy atom. The average Bonchev–Trinajstić information content (AvgIpc) is 2.85. The molecule has 1 aromatic heterocycles. The van der Waals surface area contributed by atoms with Gasteiger partial charge in [0, 0.05) is 32.9 Å². The Balaban J connectivity index is 1.78. The SMILES string of the molecule is COCCN1CCC(CNc2nc(C)cnc2C)C1. The predicted molar refractivity (Wildman–Crippen MR) is 76.4 cm³/mol. The molecule has 0 radical (unpaired) electrons. The molecule has 106 valence electrons. The topological polar surface area (TPSA) is 50.3 Å². The number of aromatic nitrogens is 2. The lowest BCUT2D eigenvalue weighted by Crippen LogP contribution is -2.26. The Morgan fingerprint density at radius 1 is 1.47 bits per heavy atom. The molecule has 5 nitrogen and oxygen atoms in total. The summed E-state index contributed by atoms with van der Waals surface area (Å²) >= 11 is 0. The van der Waals surface area contributed by atoms with Crippen LogP contribution in [-0.4, -0.2) is 54.8 Å². The van der Waals surface area contributed by atoms with E-state index in [-0.39, 0.29) is 0 Å². The number of methoxy groups -OCH3 is 1. The van der Waals surface area contributed by atoms with Crippen LogP contribution < -0.4 is 5.32 Å². The molecule has 2 heterocycles. The number of anilines is 1. The molecule has 0 aliphatic carbocycles. The molecule has 1 fully saturated rings. The van der Waals surface area contributed by atoms with Crippen molar-refractivity contribution >= 4 is 5.82 Å². The van der Waals surface area contributed by atoms with Crippen LogP contribution in [-0.2, 0) is 4.74 Å². The van der Waals surface area contributed by atoms with Crippen molar-refractivity contribution in [2.75, 3.05) is 45.2 Å². The Kier molecular flexibility index (Phi) is 5.10. The van der Waals surface area contributed by atoms with Crippen molar-refractivity contribution < 1.29 is 4.74 Å². The molecule has 5 heteroatoms. The van der Waals surface area contributed by atoms with Gasteiger partial charge >= 0.3 is 0 Å². The Labute approximate surface area is 115 Å². The zero-order chi connectivity index (χ0) is 13.7. The van der Waals surface area contributed by atoms with E-state index < -0.39 is 0 Å². The molecule has 19 heavy (non-hydrogen) atoms. The second kappa shape index (κ2) is 6.82. The molecule has 0 saturated carbocycles. The summed E-state index contributed by atoms with van der Waals surface area (Å²) in [5.74, 6) is 1.62. The molecule has 1 atom stereocenters. The Bertz CT molecular complexity index is 410.